The topological polar surface area (TPSA) is 43.4 Å². The second-order valence-electron chi connectivity index (χ2n) is 7.00. The first-order valence-electron chi connectivity index (χ1n) is 7.88. The summed E-state index contributed by atoms with van der Waals surface area (Å²) in [6, 6.07) is 0. The van der Waals surface area contributed by atoms with Crippen molar-refractivity contribution >= 4 is 11.8 Å². The van der Waals surface area contributed by atoms with Crippen LogP contribution in [0.4, 0.5) is 0 Å². The molecule has 0 saturated heterocycles. The predicted octanol–water partition coefficient (Wildman–Crippen LogP) is 3.28. The Morgan fingerprint density at radius 3 is 2.85 bits per heavy atom. The summed E-state index contributed by atoms with van der Waals surface area (Å²) in [6.07, 6.45) is 9.28. The second-order valence-corrected chi connectivity index (χ2v) is 7.00. The summed E-state index contributed by atoms with van der Waals surface area (Å²) in [5.74, 6) is 0.945. The Morgan fingerprint density at radius 2 is 2.10 bits per heavy atom. The Hall–Kier alpha value is -1.12. The van der Waals surface area contributed by atoms with Gasteiger partial charge < -0.3 is 4.74 Å². The van der Waals surface area contributed by atoms with Gasteiger partial charge in [-0.15, -0.1) is 0 Å². The maximum absolute atomic E-state index is 12.2. The van der Waals surface area contributed by atoms with Gasteiger partial charge in [0.2, 0.25) is 0 Å². The van der Waals surface area contributed by atoms with Crippen LogP contribution in [0.2, 0.25) is 0 Å². The summed E-state index contributed by atoms with van der Waals surface area (Å²) in [4.78, 5) is 24.3. The summed E-state index contributed by atoms with van der Waals surface area (Å²) in [7, 11) is 1.47. The average Bonchev–Trinajstić information content (AvgIpc) is 2.65. The standard InChI is InChI=1S/C17H24O3/c1-17-8-6-11-4-3-5-12(16(19)20-2)13(11)10-14(17)15(18)7-9-17/h10-13H,3-9H2,1-2H3/t11-,12-,13+,17-/m0/s1. The van der Waals surface area contributed by atoms with Crippen molar-refractivity contribution in [1.82, 2.24) is 0 Å². The molecule has 0 aromatic carbocycles. The maximum atomic E-state index is 12.2. The summed E-state index contributed by atoms with van der Waals surface area (Å²) in [5, 5.41) is 0. The van der Waals surface area contributed by atoms with Crippen molar-refractivity contribution in [3.63, 3.8) is 0 Å². The summed E-state index contributed by atoms with van der Waals surface area (Å²) in [5.41, 5.74) is 1.08. The van der Waals surface area contributed by atoms with Crippen LogP contribution < -0.4 is 0 Å². The molecule has 0 amide bonds. The van der Waals surface area contributed by atoms with E-state index in [1.54, 1.807) is 0 Å². The monoisotopic (exact) mass is 276 g/mol. The van der Waals surface area contributed by atoms with Crippen LogP contribution in [0, 0.1) is 23.2 Å². The van der Waals surface area contributed by atoms with Crippen LogP contribution in [0.15, 0.2) is 11.6 Å². The molecule has 3 aliphatic rings. The first kappa shape index (κ1) is 13.8. The fourth-order valence-corrected chi connectivity index (χ4v) is 4.57. The van der Waals surface area contributed by atoms with E-state index in [1.807, 2.05) is 0 Å². The van der Waals surface area contributed by atoms with Gasteiger partial charge in [-0.05, 0) is 54.9 Å². The van der Waals surface area contributed by atoms with Gasteiger partial charge in [0.1, 0.15) is 0 Å². The molecule has 20 heavy (non-hydrogen) atoms. The molecule has 4 atom stereocenters. The van der Waals surface area contributed by atoms with E-state index in [-0.39, 0.29) is 23.2 Å². The fourth-order valence-electron chi connectivity index (χ4n) is 4.57. The van der Waals surface area contributed by atoms with Crippen LogP contribution in [0.5, 0.6) is 0 Å². The smallest absolute Gasteiger partial charge is 0.309 e. The molecule has 3 aliphatic carbocycles. The molecule has 3 heteroatoms. The predicted molar refractivity (Wildman–Crippen MR) is 76.0 cm³/mol. The van der Waals surface area contributed by atoms with Crippen LogP contribution in [-0.2, 0) is 14.3 Å². The van der Waals surface area contributed by atoms with Crippen LogP contribution in [-0.4, -0.2) is 18.9 Å². The number of fused-ring (bicyclic) bond motifs is 2. The van der Waals surface area contributed by atoms with Crippen molar-refractivity contribution in [2.45, 2.75) is 51.9 Å². The lowest BCUT2D eigenvalue weighted by Crippen LogP contribution is -2.33. The molecular formula is C17H24O3. The minimum absolute atomic E-state index is 0.0398. The zero-order valence-corrected chi connectivity index (χ0v) is 12.5. The molecule has 0 aliphatic heterocycles. The van der Waals surface area contributed by atoms with Crippen molar-refractivity contribution in [1.29, 1.82) is 0 Å². The molecule has 110 valence electrons. The molecule has 2 fully saturated rings. The summed E-state index contributed by atoms with van der Waals surface area (Å²) < 4.78 is 4.99. The number of carbonyl (C=O) groups excluding carboxylic acids is 2. The molecule has 3 rings (SSSR count). The Balaban J connectivity index is 1.97. The van der Waals surface area contributed by atoms with E-state index in [0.29, 0.717) is 18.1 Å². The minimum Gasteiger partial charge on any atom is -0.469 e. The van der Waals surface area contributed by atoms with E-state index >= 15 is 0 Å². The second kappa shape index (κ2) is 5.01. The number of allylic oxidation sites excluding steroid dienone is 2. The van der Waals surface area contributed by atoms with E-state index in [1.165, 1.54) is 13.5 Å². The lowest BCUT2D eigenvalue weighted by molar-refractivity contribution is -0.148. The highest BCUT2D eigenvalue weighted by atomic mass is 16.5. The Morgan fingerprint density at radius 1 is 1.30 bits per heavy atom. The highest BCUT2D eigenvalue weighted by molar-refractivity contribution is 5.99. The van der Waals surface area contributed by atoms with Gasteiger partial charge in [0.25, 0.3) is 0 Å². The van der Waals surface area contributed by atoms with Crippen LogP contribution in [0.1, 0.15) is 51.9 Å². The number of hydrogen-bond acceptors (Lipinski definition) is 3. The van der Waals surface area contributed by atoms with Gasteiger partial charge in [-0.2, -0.15) is 0 Å². The quantitative estimate of drug-likeness (QED) is 0.690. The van der Waals surface area contributed by atoms with E-state index in [2.05, 4.69) is 13.0 Å². The van der Waals surface area contributed by atoms with E-state index in [0.717, 1.165) is 37.7 Å². The van der Waals surface area contributed by atoms with Gasteiger partial charge >= 0.3 is 5.97 Å². The number of esters is 1. The van der Waals surface area contributed by atoms with E-state index in [9.17, 15) is 9.59 Å². The zero-order valence-electron chi connectivity index (χ0n) is 12.5. The summed E-state index contributed by atoms with van der Waals surface area (Å²) >= 11 is 0. The number of Topliss-reactive ketones (excluding diaryl/α,β-unsaturated/α-hetero) is 1. The Bertz CT molecular complexity index is 465. The van der Waals surface area contributed by atoms with Crippen LogP contribution in [0.25, 0.3) is 0 Å². The molecule has 0 radical (unpaired) electrons. The molecule has 2 saturated carbocycles. The number of rotatable bonds is 1. The van der Waals surface area contributed by atoms with Crippen molar-refractivity contribution in [2.24, 2.45) is 23.2 Å². The lowest BCUT2D eigenvalue weighted by atomic mass is 9.70. The van der Waals surface area contributed by atoms with Crippen molar-refractivity contribution in [3.8, 4) is 0 Å². The first-order valence-corrected chi connectivity index (χ1v) is 7.88. The lowest BCUT2D eigenvalue weighted by Gasteiger charge is -2.34. The minimum atomic E-state index is -0.0920. The third-order valence-corrected chi connectivity index (χ3v) is 5.88. The molecule has 0 aromatic rings. The normalized spacial score (nSPS) is 40.4. The van der Waals surface area contributed by atoms with Gasteiger partial charge in [-0.3, -0.25) is 9.59 Å². The fraction of sp³-hybridized carbons (Fsp3) is 0.765. The summed E-state index contributed by atoms with van der Waals surface area (Å²) in [6.45, 7) is 2.23. The molecule has 0 unspecified atom stereocenters. The van der Waals surface area contributed by atoms with Gasteiger partial charge in [0.15, 0.2) is 5.78 Å². The van der Waals surface area contributed by atoms with Gasteiger partial charge in [-0.1, -0.05) is 19.4 Å². The van der Waals surface area contributed by atoms with Gasteiger partial charge in [0.05, 0.1) is 13.0 Å². The van der Waals surface area contributed by atoms with E-state index < -0.39 is 0 Å². The average molecular weight is 276 g/mol. The number of hydrogen-bond donors (Lipinski definition) is 0. The Kier molecular flexibility index (Phi) is 3.47. The SMILES string of the molecule is COC(=O)[C@H]1CCC[C@H]2CC[C@@]3(C)CCC(=O)C3=C[C@H]21. The maximum Gasteiger partial charge on any atom is 0.309 e. The number of methoxy groups -OCH3 is 1. The largest absolute Gasteiger partial charge is 0.469 e. The number of ketones is 1. The highest BCUT2D eigenvalue weighted by Gasteiger charge is 2.46. The Labute approximate surface area is 120 Å². The molecule has 0 N–H and O–H groups in total. The van der Waals surface area contributed by atoms with Crippen molar-refractivity contribution < 1.29 is 14.3 Å². The highest BCUT2D eigenvalue weighted by Crippen LogP contribution is 2.51. The third kappa shape index (κ3) is 2.11. The molecule has 0 heterocycles. The molecule has 0 aromatic heterocycles. The molecular weight excluding hydrogens is 252 g/mol. The first-order chi connectivity index (χ1) is 9.55. The van der Waals surface area contributed by atoms with Gasteiger partial charge in [-0.25, -0.2) is 0 Å². The molecule has 3 nitrogen and oxygen atoms in total. The number of carbonyl (C=O) groups is 2. The third-order valence-electron chi connectivity index (χ3n) is 5.88. The number of ether oxygens (including phenoxy) is 1. The van der Waals surface area contributed by atoms with Crippen LogP contribution in [0.3, 0.4) is 0 Å². The molecule has 0 spiro atoms. The van der Waals surface area contributed by atoms with Crippen LogP contribution >= 0.6 is 0 Å². The molecule has 0 bridgehead atoms. The van der Waals surface area contributed by atoms with E-state index in [4.69, 9.17) is 4.74 Å². The van der Waals surface area contributed by atoms with Crippen molar-refractivity contribution in [2.75, 3.05) is 7.11 Å². The van der Waals surface area contributed by atoms with Gasteiger partial charge in [0, 0.05) is 6.42 Å². The van der Waals surface area contributed by atoms with Crippen molar-refractivity contribution in [3.05, 3.63) is 11.6 Å². The zero-order chi connectivity index (χ0) is 14.3.